The van der Waals surface area contributed by atoms with Crippen LogP contribution in [0.15, 0.2) is 48.2 Å². The van der Waals surface area contributed by atoms with E-state index in [1.807, 2.05) is 0 Å². The van der Waals surface area contributed by atoms with Crippen molar-refractivity contribution >= 4 is 23.5 Å². The summed E-state index contributed by atoms with van der Waals surface area (Å²) in [4.78, 5) is 37.4. The molecule has 0 bridgehead atoms. The van der Waals surface area contributed by atoms with Crippen LogP contribution < -0.4 is 19.5 Å². The fourth-order valence-electron chi connectivity index (χ4n) is 3.08. The van der Waals surface area contributed by atoms with Crippen molar-refractivity contribution in [2.45, 2.75) is 0 Å². The van der Waals surface area contributed by atoms with Crippen LogP contribution in [-0.4, -0.2) is 54.8 Å². The number of imide groups is 1. The molecule has 0 radical (unpaired) electrons. The second-order valence-electron chi connectivity index (χ2n) is 6.52. The van der Waals surface area contributed by atoms with Gasteiger partial charge in [0.25, 0.3) is 11.8 Å². The van der Waals surface area contributed by atoms with Crippen molar-refractivity contribution < 1.29 is 38.4 Å². The number of fused-ring (bicyclic) bond motifs is 1. The van der Waals surface area contributed by atoms with Gasteiger partial charge in [0.2, 0.25) is 6.79 Å². The van der Waals surface area contributed by atoms with Crippen molar-refractivity contribution in [2.24, 2.45) is 0 Å². The van der Waals surface area contributed by atoms with E-state index in [0.717, 1.165) is 11.0 Å². The van der Waals surface area contributed by atoms with Gasteiger partial charge in [-0.05, 0) is 30.3 Å². The van der Waals surface area contributed by atoms with Gasteiger partial charge in [0, 0.05) is 12.1 Å². The Kier molecular flexibility index (Phi) is 5.46. The molecule has 0 atom stereocenters. The van der Waals surface area contributed by atoms with E-state index in [1.165, 1.54) is 25.3 Å². The minimum Gasteiger partial charge on any atom is -0.465 e. The van der Waals surface area contributed by atoms with Crippen molar-refractivity contribution in [1.82, 2.24) is 4.90 Å². The molecule has 0 aliphatic carbocycles. The van der Waals surface area contributed by atoms with E-state index in [1.54, 1.807) is 18.2 Å². The quantitative estimate of drug-likeness (QED) is 0.502. The predicted molar refractivity (Wildman–Crippen MR) is 106 cm³/mol. The zero-order valence-electron chi connectivity index (χ0n) is 16.4. The fourth-order valence-corrected chi connectivity index (χ4v) is 3.08. The number of methoxy groups -OCH3 is 1. The summed E-state index contributed by atoms with van der Waals surface area (Å²) in [5.74, 6) is 0.104. The molecule has 10 heteroatoms. The molecule has 0 spiro atoms. The van der Waals surface area contributed by atoms with Crippen LogP contribution in [0.4, 0.5) is 5.69 Å². The molecule has 2 N–H and O–H groups in total. The maximum atomic E-state index is 12.5. The number of hydrogen-bond acceptors (Lipinski definition) is 9. The lowest BCUT2D eigenvalue weighted by atomic mass is 10.1. The van der Waals surface area contributed by atoms with Gasteiger partial charge in [0.15, 0.2) is 17.2 Å². The first kappa shape index (κ1) is 20.2. The largest absolute Gasteiger partial charge is 0.465 e. The highest BCUT2D eigenvalue weighted by Gasteiger charge is 2.31. The maximum absolute atomic E-state index is 12.5. The van der Waals surface area contributed by atoms with E-state index in [4.69, 9.17) is 24.1 Å². The number of carbonyl (C=O) groups is 3. The van der Waals surface area contributed by atoms with Gasteiger partial charge in [-0.2, -0.15) is 0 Å². The van der Waals surface area contributed by atoms with Gasteiger partial charge in [-0.1, -0.05) is 0 Å². The smallest absolute Gasteiger partial charge is 0.337 e. The number of nitrogens with one attached hydrogen (secondary N) is 1. The van der Waals surface area contributed by atoms with Crippen LogP contribution in [0.3, 0.4) is 0 Å². The lowest BCUT2D eigenvalue weighted by Gasteiger charge is -2.16. The summed E-state index contributed by atoms with van der Waals surface area (Å²) in [6.45, 7) is -0.356. The number of carbonyl (C=O) groups excluding carboxylic acids is 3. The molecule has 0 saturated heterocycles. The van der Waals surface area contributed by atoms with Gasteiger partial charge in [0.05, 0.1) is 31.5 Å². The normalized spacial score (nSPS) is 14.5. The highest BCUT2D eigenvalue weighted by atomic mass is 16.7. The summed E-state index contributed by atoms with van der Waals surface area (Å²) in [6.07, 6.45) is 1.12. The Morgan fingerprint density at radius 3 is 2.74 bits per heavy atom. The molecule has 0 aromatic heterocycles. The van der Waals surface area contributed by atoms with Crippen LogP contribution in [0.5, 0.6) is 23.0 Å². The summed E-state index contributed by atoms with van der Waals surface area (Å²) in [7, 11) is 1.25. The van der Waals surface area contributed by atoms with Crippen molar-refractivity contribution in [3.8, 4) is 23.0 Å². The minimum atomic E-state index is -0.600. The number of esters is 1. The number of nitrogens with zero attached hydrogens (tertiary/aromatic N) is 1. The number of aliphatic hydroxyl groups is 1. The molecule has 31 heavy (non-hydrogen) atoms. The summed E-state index contributed by atoms with van der Waals surface area (Å²) < 4.78 is 21.3. The molecular formula is C21H18N2O8. The molecular weight excluding hydrogens is 408 g/mol. The molecule has 2 aliphatic rings. The number of amides is 2. The van der Waals surface area contributed by atoms with Gasteiger partial charge >= 0.3 is 5.97 Å². The van der Waals surface area contributed by atoms with Gasteiger partial charge in [-0.15, -0.1) is 0 Å². The monoisotopic (exact) mass is 426 g/mol. The zero-order valence-corrected chi connectivity index (χ0v) is 16.4. The first-order valence-corrected chi connectivity index (χ1v) is 9.25. The number of hydrogen-bond donors (Lipinski definition) is 2. The Labute approximate surface area is 176 Å². The Morgan fingerprint density at radius 1 is 1.16 bits per heavy atom. The molecule has 0 fully saturated rings. The minimum absolute atomic E-state index is 0.0176. The van der Waals surface area contributed by atoms with E-state index in [9.17, 15) is 14.4 Å². The second kappa shape index (κ2) is 8.36. The number of ether oxygens (including phenoxy) is 4. The van der Waals surface area contributed by atoms with Gasteiger partial charge in [0.1, 0.15) is 11.4 Å². The molecule has 2 amide bonds. The molecule has 2 aliphatic heterocycles. The van der Waals surface area contributed by atoms with Crippen LogP contribution in [0, 0.1) is 0 Å². The molecule has 160 valence electrons. The highest BCUT2D eigenvalue weighted by Crippen LogP contribution is 2.38. The average Bonchev–Trinajstić information content (AvgIpc) is 3.34. The van der Waals surface area contributed by atoms with Crippen LogP contribution in [0.2, 0.25) is 0 Å². The lowest BCUT2D eigenvalue weighted by Crippen LogP contribution is -2.34. The van der Waals surface area contributed by atoms with Gasteiger partial charge < -0.3 is 29.4 Å². The molecule has 10 nitrogen and oxygen atoms in total. The summed E-state index contributed by atoms with van der Waals surface area (Å²) in [6, 6.07) is 9.51. The van der Waals surface area contributed by atoms with Crippen molar-refractivity contribution in [1.29, 1.82) is 0 Å². The first-order valence-electron chi connectivity index (χ1n) is 9.25. The summed E-state index contributed by atoms with van der Waals surface area (Å²) in [5, 5.41) is 11.9. The molecule has 2 aromatic carbocycles. The lowest BCUT2D eigenvalue weighted by molar-refractivity contribution is -0.137. The van der Waals surface area contributed by atoms with Crippen LogP contribution >= 0.6 is 0 Å². The Balaban J connectivity index is 1.64. The summed E-state index contributed by atoms with van der Waals surface area (Å²) >= 11 is 0. The van der Waals surface area contributed by atoms with E-state index >= 15 is 0 Å². The number of rotatable bonds is 7. The molecule has 4 rings (SSSR count). The Bertz CT molecular complexity index is 1090. The van der Waals surface area contributed by atoms with Gasteiger partial charge in [-0.3, -0.25) is 14.5 Å². The van der Waals surface area contributed by atoms with E-state index in [0.29, 0.717) is 17.2 Å². The molecule has 2 aromatic rings. The SMILES string of the molecule is COC(=O)c1ccc(Oc2ccc3c(c2)OCO3)c(NC2=CC(=O)N(CCO)C2=O)c1. The number of benzene rings is 2. The van der Waals surface area contributed by atoms with E-state index < -0.39 is 17.8 Å². The Morgan fingerprint density at radius 2 is 1.97 bits per heavy atom. The third-order valence-corrected chi connectivity index (χ3v) is 4.57. The van der Waals surface area contributed by atoms with Crippen LogP contribution in [-0.2, 0) is 14.3 Å². The first-order chi connectivity index (χ1) is 15.0. The number of anilines is 1. The topological polar surface area (TPSA) is 124 Å². The van der Waals surface area contributed by atoms with E-state index in [2.05, 4.69) is 5.32 Å². The van der Waals surface area contributed by atoms with Crippen molar-refractivity contribution in [3.63, 3.8) is 0 Å². The van der Waals surface area contributed by atoms with Crippen LogP contribution in [0.1, 0.15) is 10.4 Å². The third kappa shape index (κ3) is 4.01. The summed E-state index contributed by atoms with van der Waals surface area (Å²) in [5.41, 5.74) is 0.461. The average molecular weight is 426 g/mol. The van der Waals surface area contributed by atoms with E-state index in [-0.39, 0.29) is 42.6 Å². The van der Waals surface area contributed by atoms with Crippen molar-refractivity contribution in [3.05, 3.63) is 53.7 Å². The molecule has 0 unspecified atom stereocenters. The number of β-amino-alcohol motifs (C(OH)–C–C–N with tert-alkyl or cyclic N) is 1. The van der Waals surface area contributed by atoms with Gasteiger partial charge in [-0.25, -0.2) is 4.79 Å². The second-order valence-corrected chi connectivity index (χ2v) is 6.52. The number of aliphatic hydroxyl groups excluding tert-OH is 1. The highest BCUT2D eigenvalue weighted by molar-refractivity contribution is 6.17. The molecule has 0 saturated carbocycles. The van der Waals surface area contributed by atoms with Crippen molar-refractivity contribution in [2.75, 3.05) is 32.4 Å². The standard InChI is InChI=1S/C21H18N2O8/c1-28-21(27)12-2-4-16(31-13-3-5-17-18(9-13)30-11-29-17)14(8-12)22-15-10-19(25)23(6-7-24)20(15)26/h2-5,8-10,22,24H,6-7,11H2,1H3. The maximum Gasteiger partial charge on any atom is 0.337 e. The molecule has 2 heterocycles. The van der Waals surface area contributed by atoms with Crippen LogP contribution in [0.25, 0.3) is 0 Å². The third-order valence-electron chi connectivity index (χ3n) is 4.57. The Hall–Kier alpha value is -4.05. The predicted octanol–water partition coefficient (Wildman–Crippen LogP) is 1.65. The zero-order chi connectivity index (χ0) is 22.0. The fraction of sp³-hybridized carbons (Fsp3) is 0.190.